The predicted molar refractivity (Wildman–Crippen MR) is 84.3 cm³/mol. The summed E-state index contributed by atoms with van der Waals surface area (Å²) in [5.74, 6) is 0. The average molecular weight is 321 g/mol. The third-order valence-corrected chi connectivity index (χ3v) is 5.05. The second kappa shape index (κ2) is 5.64. The Morgan fingerprint density at radius 3 is 2.27 bits per heavy atom. The molecule has 0 atom stereocenters. The quantitative estimate of drug-likeness (QED) is 0.528. The van der Waals surface area contributed by atoms with Crippen LogP contribution in [0.1, 0.15) is 5.56 Å². The van der Waals surface area contributed by atoms with E-state index in [9.17, 15) is 18.5 Å². The van der Waals surface area contributed by atoms with Gasteiger partial charge in [0.25, 0.3) is 15.7 Å². The Bertz CT molecular complexity index is 816. The summed E-state index contributed by atoms with van der Waals surface area (Å²) in [5, 5.41) is 10.9. The molecule has 0 spiro atoms. The molecule has 0 saturated carbocycles. The van der Waals surface area contributed by atoms with E-state index in [0.29, 0.717) is 0 Å². The molecule has 0 unspecified atom stereocenters. The highest BCUT2D eigenvalue weighted by atomic mass is 32.2. The number of hydrogen-bond acceptors (Lipinski definition) is 5. The van der Waals surface area contributed by atoms with Crippen molar-refractivity contribution >= 4 is 27.1 Å². The summed E-state index contributed by atoms with van der Waals surface area (Å²) >= 11 is 0. The molecule has 0 fully saturated rings. The van der Waals surface area contributed by atoms with E-state index < -0.39 is 14.9 Å². The Morgan fingerprint density at radius 2 is 1.73 bits per heavy atom. The minimum atomic E-state index is -3.79. The Morgan fingerprint density at radius 1 is 1.14 bits per heavy atom. The van der Waals surface area contributed by atoms with Gasteiger partial charge in [-0.1, -0.05) is 17.7 Å². The van der Waals surface area contributed by atoms with Gasteiger partial charge in [-0.2, -0.15) is 0 Å². The van der Waals surface area contributed by atoms with E-state index in [0.717, 1.165) is 15.9 Å². The number of anilines is 2. The van der Waals surface area contributed by atoms with Gasteiger partial charge >= 0.3 is 0 Å². The van der Waals surface area contributed by atoms with Crippen molar-refractivity contribution in [2.24, 2.45) is 0 Å². The van der Waals surface area contributed by atoms with Crippen molar-refractivity contribution in [2.75, 3.05) is 17.1 Å². The standard InChI is InChI=1S/C14H15N3O4S/c1-10-3-6-12(7-4-10)22(20,21)16(2)11-5-8-13(15)14(9-11)17(18)19/h3-9H,15H2,1-2H3. The highest BCUT2D eigenvalue weighted by molar-refractivity contribution is 7.92. The zero-order valence-electron chi connectivity index (χ0n) is 12.1. The van der Waals surface area contributed by atoms with Crippen molar-refractivity contribution in [3.63, 3.8) is 0 Å². The lowest BCUT2D eigenvalue weighted by atomic mass is 10.2. The Balaban J connectivity index is 2.46. The molecule has 2 N–H and O–H groups in total. The summed E-state index contributed by atoms with van der Waals surface area (Å²) < 4.78 is 26.1. The van der Waals surface area contributed by atoms with Gasteiger partial charge in [0.2, 0.25) is 0 Å². The van der Waals surface area contributed by atoms with Crippen LogP contribution in [0, 0.1) is 17.0 Å². The lowest BCUT2D eigenvalue weighted by Crippen LogP contribution is -2.26. The van der Waals surface area contributed by atoms with E-state index in [2.05, 4.69) is 0 Å². The lowest BCUT2D eigenvalue weighted by Gasteiger charge is -2.19. The lowest BCUT2D eigenvalue weighted by molar-refractivity contribution is -0.383. The van der Waals surface area contributed by atoms with Crippen LogP contribution in [-0.2, 0) is 10.0 Å². The molecular weight excluding hydrogens is 306 g/mol. The van der Waals surface area contributed by atoms with Crippen molar-refractivity contribution in [1.29, 1.82) is 0 Å². The number of nitrogens with zero attached hydrogens (tertiary/aromatic N) is 2. The Labute approximate surface area is 128 Å². The monoisotopic (exact) mass is 321 g/mol. The van der Waals surface area contributed by atoms with Gasteiger partial charge in [0.1, 0.15) is 5.69 Å². The molecule has 0 saturated heterocycles. The number of sulfonamides is 1. The summed E-state index contributed by atoms with van der Waals surface area (Å²) in [6, 6.07) is 10.2. The van der Waals surface area contributed by atoms with Crippen LogP contribution >= 0.6 is 0 Å². The van der Waals surface area contributed by atoms with Gasteiger partial charge in [-0.15, -0.1) is 0 Å². The molecule has 2 rings (SSSR count). The predicted octanol–water partition coefficient (Wildman–Crippen LogP) is 2.31. The number of nitrogen functional groups attached to an aromatic ring is 1. The Hall–Kier alpha value is -2.61. The number of aryl methyl sites for hydroxylation is 1. The zero-order chi connectivity index (χ0) is 16.5. The highest BCUT2D eigenvalue weighted by Crippen LogP contribution is 2.29. The molecule has 0 aliphatic rings. The molecule has 0 bridgehead atoms. The first-order chi connectivity index (χ1) is 10.2. The molecule has 8 heteroatoms. The maximum absolute atomic E-state index is 12.5. The molecule has 2 aromatic carbocycles. The summed E-state index contributed by atoms with van der Waals surface area (Å²) in [5.41, 5.74) is 6.27. The molecule has 22 heavy (non-hydrogen) atoms. The molecule has 0 amide bonds. The topological polar surface area (TPSA) is 107 Å². The molecule has 7 nitrogen and oxygen atoms in total. The van der Waals surface area contributed by atoms with Crippen LogP contribution in [0.15, 0.2) is 47.4 Å². The number of nitrogens with two attached hydrogens (primary N) is 1. The summed E-state index contributed by atoms with van der Waals surface area (Å²) in [6.45, 7) is 1.85. The fourth-order valence-corrected chi connectivity index (χ4v) is 3.08. The van der Waals surface area contributed by atoms with Crippen LogP contribution < -0.4 is 10.0 Å². The molecule has 116 valence electrons. The third-order valence-electron chi connectivity index (χ3n) is 3.25. The van der Waals surface area contributed by atoms with Crippen molar-refractivity contribution in [1.82, 2.24) is 0 Å². The van der Waals surface area contributed by atoms with Crippen LogP contribution in [0.3, 0.4) is 0 Å². The van der Waals surface area contributed by atoms with Gasteiger partial charge in [0.15, 0.2) is 0 Å². The van der Waals surface area contributed by atoms with E-state index in [1.54, 1.807) is 12.1 Å². The Kier molecular flexibility index (Phi) is 4.05. The molecule has 0 heterocycles. The zero-order valence-corrected chi connectivity index (χ0v) is 12.9. The number of nitro groups is 1. The molecule has 0 aromatic heterocycles. The fourth-order valence-electron chi connectivity index (χ4n) is 1.89. The van der Waals surface area contributed by atoms with Gasteiger partial charge in [-0.25, -0.2) is 8.42 Å². The van der Waals surface area contributed by atoms with Crippen molar-refractivity contribution in [3.8, 4) is 0 Å². The van der Waals surface area contributed by atoms with Crippen LogP contribution in [0.2, 0.25) is 0 Å². The maximum atomic E-state index is 12.5. The number of rotatable bonds is 4. The first-order valence-corrected chi connectivity index (χ1v) is 7.77. The molecule has 0 aliphatic heterocycles. The van der Waals surface area contributed by atoms with Crippen LogP contribution in [0.5, 0.6) is 0 Å². The van der Waals surface area contributed by atoms with Crippen molar-refractivity contribution in [2.45, 2.75) is 11.8 Å². The SMILES string of the molecule is Cc1ccc(S(=O)(=O)N(C)c2ccc(N)c([N+](=O)[O-])c2)cc1. The van der Waals surface area contributed by atoms with Crippen LogP contribution in [0.25, 0.3) is 0 Å². The minimum absolute atomic E-state index is 0.0186. The second-order valence-electron chi connectivity index (χ2n) is 4.79. The number of hydrogen-bond donors (Lipinski definition) is 1. The smallest absolute Gasteiger partial charge is 0.294 e. The highest BCUT2D eigenvalue weighted by Gasteiger charge is 2.23. The number of nitro benzene ring substituents is 1. The first kappa shape index (κ1) is 15.8. The number of benzene rings is 2. The van der Waals surface area contributed by atoms with E-state index in [1.807, 2.05) is 6.92 Å². The van der Waals surface area contributed by atoms with Gasteiger partial charge in [0, 0.05) is 13.1 Å². The van der Waals surface area contributed by atoms with Gasteiger partial charge in [0.05, 0.1) is 15.5 Å². The van der Waals surface area contributed by atoms with Crippen molar-refractivity contribution < 1.29 is 13.3 Å². The van der Waals surface area contributed by atoms with Crippen molar-refractivity contribution in [3.05, 3.63) is 58.1 Å². The van der Waals surface area contributed by atoms with Crippen LogP contribution in [-0.4, -0.2) is 20.4 Å². The van der Waals surface area contributed by atoms with Crippen LogP contribution in [0.4, 0.5) is 17.1 Å². The molecule has 2 aromatic rings. The normalized spacial score (nSPS) is 11.2. The largest absolute Gasteiger partial charge is 0.393 e. The molecule has 0 aliphatic carbocycles. The summed E-state index contributed by atoms with van der Waals surface area (Å²) in [6.07, 6.45) is 0. The average Bonchev–Trinajstić information content (AvgIpc) is 2.47. The van der Waals surface area contributed by atoms with Gasteiger partial charge in [-0.3, -0.25) is 14.4 Å². The first-order valence-electron chi connectivity index (χ1n) is 6.33. The molecule has 0 radical (unpaired) electrons. The van der Waals surface area contributed by atoms with E-state index in [-0.39, 0.29) is 22.0 Å². The third kappa shape index (κ3) is 2.86. The van der Waals surface area contributed by atoms with Gasteiger partial charge < -0.3 is 5.73 Å². The van der Waals surface area contributed by atoms with Gasteiger partial charge in [-0.05, 0) is 31.2 Å². The van der Waals surface area contributed by atoms with E-state index in [1.165, 1.54) is 31.3 Å². The summed E-state index contributed by atoms with van der Waals surface area (Å²) in [7, 11) is -2.46. The summed E-state index contributed by atoms with van der Waals surface area (Å²) in [4.78, 5) is 10.4. The maximum Gasteiger partial charge on any atom is 0.294 e. The fraction of sp³-hybridized carbons (Fsp3) is 0.143. The van der Waals surface area contributed by atoms with E-state index in [4.69, 9.17) is 5.73 Å². The second-order valence-corrected chi connectivity index (χ2v) is 6.76. The van der Waals surface area contributed by atoms with E-state index >= 15 is 0 Å². The molecular formula is C14H15N3O4S. The minimum Gasteiger partial charge on any atom is -0.393 e.